The summed E-state index contributed by atoms with van der Waals surface area (Å²) < 4.78 is 2.39. The van der Waals surface area contributed by atoms with Crippen molar-refractivity contribution in [2.45, 2.75) is 81.1 Å². The van der Waals surface area contributed by atoms with Gasteiger partial charge in [0, 0.05) is 40.3 Å². The lowest BCUT2D eigenvalue weighted by molar-refractivity contribution is 0.914. The zero-order valence-corrected chi connectivity index (χ0v) is 38.3. The fraction of sp³-hybridized carbons (Fsp3) is 0.220. The summed E-state index contributed by atoms with van der Waals surface area (Å²) in [5.74, 6) is 0.235. The molecule has 0 bridgehead atoms. The second kappa shape index (κ2) is 25.3. The molecule has 2 heteroatoms. The molecule has 61 heavy (non-hydrogen) atoms. The second-order valence-corrected chi connectivity index (χ2v) is 14.2. The molecule has 1 aliphatic carbocycles. The maximum absolute atomic E-state index is 3.91. The molecule has 1 heterocycles. The van der Waals surface area contributed by atoms with Crippen LogP contribution in [0.2, 0.25) is 0 Å². The molecule has 1 unspecified atom stereocenters. The van der Waals surface area contributed by atoms with E-state index in [0.717, 1.165) is 30.6 Å². The Balaban J connectivity index is 0.00000199. The zero-order chi connectivity index (χ0) is 44.0. The maximum atomic E-state index is 3.91. The number of aromatic nitrogens is 1. The van der Waals surface area contributed by atoms with Crippen LogP contribution in [0.15, 0.2) is 212 Å². The SMILES string of the molecule is C=C/C=C(\C=C/C)c1ccc(-n2c3ccccc3c3cc(/C(=C/C)CC=CC(C)c4ccccc4N(CC)C(/C=C\C)=C/C=C/C4=CC=CC=CC4)ccc32)cc1.CC.CC. The van der Waals surface area contributed by atoms with E-state index in [2.05, 4.69) is 232 Å². The first-order valence-corrected chi connectivity index (χ1v) is 22.3. The van der Waals surface area contributed by atoms with Gasteiger partial charge in [0.05, 0.1) is 11.0 Å². The minimum atomic E-state index is 0.235. The summed E-state index contributed by atoms with van der Waals surface area (Å²) in [6, 6.07) is 33.4. The fourth-order valence-electron chi connectivity index (χ4n) is 7.72. The lowest BCUT2D eigenvalue weighted by atomic mass is 9.95. The zero-order valence-electron chi connectivity index (χ0n) is 38.3. The van der Waals surface area contributed by atoms with Crippen LogP contribution in [0.4, 0.5) is 5.69 Å². The van der Waals surface area contributed by atoms with Crippen LogP contribution >= 0.6 is 0 Å². The van der Waals surface area contributed by atoms with Crippen molar-refractivity contribution in [3.63, 3.8) is 0 Å². The maximum Gasteiger partial charge on any atom is 0.0541 e. The molecule has 0 aliphatic heterocycles. The summed E-state index contributed by atoms with van der Waals surface area (Å²) in [6.45, 7) is 23.6. The summed E-state index contributed by atoms with van der Waals surface area (Å²) in [5, 5.41) is 2.52. The molecule has 1 atom stereocenters. The van der Waals surface area contributed by atoms with Gasteiger partial charge in [-0.15, -0.1) is 0 Å². The summed E-state index contributed by atoms with van der Waals surface area (Å²) >= 11 is 0. The number of anilines is 1. The highest BCUT2D eigenvalue weighted by Gasteiger charge is 2.16. The summed E-state index contributed by atoms with van der Waals surface area (Å²) in [4.78, 5) is 2.42. The van der Waals surface area contributed by atoms with Gasteiger partial charge in [-0.25, -0.2) is 0 Å². The van der Waals surface area contributed by atoms with E-state index in [-0.39, 0.29) is 5.92 Å². The highest BCUT2D eigenvalue weighted by molar-refractivity contribution is 6.10. The number of nitrogens with zero attached hydrogens (tertiary/aromatic N) is 2. The van der Waals surface area contributed by atoms with Crippen LogP contribution < -0.4 is 4.90 Å². The largest absolute Gasteiger partial charge is 0.342 e. The van der Waals surface area contributed by atoms with Gasteiger partial charge in [-0.05, 0) is 122 Å². The van der Waals surface area contributed by atoms with Crippen molar-refractivity contribution in [3.05, 3.63) is 229 Å². The molecule has 0 N–H and O–H groups in total. The van der Waals surface area contributed by atoms with Crippen LogP contribution in [0.1, 0.15) is 97.8 Å². The standard InChI is InChI=1S/C55H56N2.2C2H6/c1-7-22-45(23-8-2)46-35-38-49(39-36-46)57-54-34-19-17-32-51(54)52-41-47(37-40-55(52)57)44(10-4)29-20-25-42(6)50-31-16-18-33-53(50)56(11-5)48(24-9-3)30-21-28-43-26-14-12-13-15-27-43;2*1-2/h7-10,12-26,28,30-42H,1,11,27,29H2,2-6H3;2*1-2H3/b23-8-,24-9-,25-20?,28-21+,44-10+,45-22+,48-30+;;. The van der Waals surface area contributed by atoms with Crippen molar-refractivity contribution in [2.75, 3.05) is 11.4 Å². The van der Waals surface area contributed by atoms with E-state index in [9.17, 15) is 0 Å². The van der Waals surface area contributed by atoms with Crippen LogP contribution in [-0.4, -0.2) is 11.1 Å². The number of hydrogen-bond acceptors (Lipinski definition) is 1. The molecule has 0 saturated heterocycles. The quantitative estimate of drug-likeness (QED) is 0.0756. The van der Waals surface area contributed by atoms with Crippen LogP contribution in [0.3, 0.4) is 0 Å². The predicted molar refractivity (Wildman–Crippen MR) is 275 cm³/mol. The van der Waals surface area contributed by atoms with E-state index < -0.39 is 0 Å². The number of para-hydroxylation sites is 2. The first-order valence-electron chi connectivity index (χ1n) is 22.3. The average Bonchev–Trinajstić information content (AvgIpc) is 3.41. The summed E-state index contributed by atoms with van der Waals surface area (Å²) in [7, 11) is 0. The third kappa shape index (κ3) is 12.1. The molecule has 0 amide bonds. The molecule has 0 saturated carbocycles. The molecule has 4 aromatic carbocycles. The molecule has 6 rings (SSSR count). The van der Waals surface area contributed by atoms with Gasteiger partial charge in [-0.1, -0.05) is 187 Å². The fourth-order valence-corrected chi connectivity index (χ4v) is 7.72. The molecule has 314 valence electrons. The molecule has 5 aromatic rings. The van der Waals surface area contributed by atoms with E-state index >= 15 is 0 Å². The van der Waals surface area contributed by atoms with Crippen molar-refractivity contribution < 1.29 is 0 Å². The summed E-state index contributed by atoms with van der Waals surface area (Å²) in [5.41, 5.74) is 13.5. The van der Waals surface area contributed by atoms with Gasteiger partial charge in [0.15, 0.2) is 0 Å². The number of hydrogen-bond donors (Lipinski definition) is 0. The molecule has 2 nitrogen and oxygen atoms in total. The predicted octanol–water partition coefficient (Wildman–Crippen LogP) is 17.4. The first kappa shape index (κ1) is 47.3. The Morgan fingerprint density at radius 2 is 1.48 bits per heavy atom. The van der Waals surface area contributed by atoms with Crippen molar-refractivity contribution in [3.8, 4) is 5.69 Å². The van der Waals surface area contributed by atoms with E-state index in [4.69, 9.17) is 0 Å². The van der Waals surface area contributed by atoms with Gasteiger partial charge in [0.1, 0.15) is 0 Å². The van der Waals surface area contributed by atoms with Gasteiger partial charge < -0.3 is 9.47 Å². The highest BCUT2D eigenvalue weighted by Crippen LogP contribution is 2.36. The van der Waals surface area contributed by atoms with Crippen LogP contribution in [0.25, 0.3) is 38.6 Å². The molecular formula is C59H68N2. The molecule has 1 aromatic heterocycles. The Labute approximate surface area is 368 Å². The van der Waals surface area contributed by atoms with Gasteiger partial charge >= 0.3 is 0 Å². The molecule has 0 fully saturated rings. The number of fused-ring (bicyclic) bond motifs is 3. The monoisotopic (exact) mass is 805 g/mol. The van der Waals surface area contributed by atoms with Crippen LogP contribution in [0.5, 0.6) is 0 Å². The number of rotatable bonds is 15. The summed E-state index contributed by atoms with van der Waals surface area (Å²) in [6.07, 6.45) is 38.5. The molecule has 1 aliphatic rings. The van der Waals surface area contributed by atoms with Gasteiger partial charge in [-0.2, -0.15) is 0 Å². The third-order valence-corrected chi connectivity index (χ3v) is 10.5. The van der Waals surface area contributed by atoms with E-state index in [1.807, 2.05) is 40.7 Å². The normalized spacial score (nSPS) is 14.0. The number of likely N-dealkylation sites (N-methyl/N-ethyl adjacent to an activating group) is 1. The third-order valence-electron chi connectivity index (χ3n) is 10.5. The van der Waals surface area contributed by atoms with E-state index in [1.165, 1.54) is 61.0 Å². The van der Waals surface area contributed by atoms with Crippen molar-refractivity contribution in [1.29, 1.82) is 0 Å². The average molecular weight is 805 g/mol. The van der Waals surface area contributed by atoms with E-state index in [0.29, 0.717) is 0 Å². The lowest BCUT2D eigenvalue weighted by Crippen LogP contribution is -2.22. The van der Waals surface area contributed by atoms with Gasteiger partial charge in [0.2, 0.25) is 0 Å². The Morgan fingerprint density at radius 3 is 2.20 bits per heavy atom. The number of allylic oxidation sites excluding steroid dienone is 20. The Bertz CT molecular complexity index is 2490. The Hall–Kier alpha value is -6.38. The van der Waals surface area contributed by atoms with Crippen molar-refractivity contribution in [2.24, 2.45) is 0 Å². The van der Waals surface area contributed by atoms with Crippen molar-refractivity contribution in [1.82, 2.24) is 4.57 Å². The van der Waals surface area contributed by atoms with E-state index in [1.54, 1.807) is 0 Å². The smallest absolute Gasteiger partial charge is 0.0541 e. The minimum Gasteiger partial charge on any atom is -0.342 e. The topological polar surface area (TPSA) is 8.17 Å². The molecular weight excluding hydrogens is 737 g/mol. The lowest BCUT2D eigenvalue weighted by Gasteiger charge is -2.28. The van der Waals surface area contributed by atoms with Gasteiger partial charge in [0.25, 0.3) is 0 Å². The van der Waals surface area contributed by atoms with Crippen LogP contribution in [-0.2, 0) is 0 Å². The number of benzene rings is 4. The van der Waals surface area contributed by atoms with Crippen molar-refractivity contribution >= 4 is 38.6 Å². The first-order chi connectivity index (χ1) is 30.0. The minimum absolute atomic E-state index is 0.235. The molecule has 0 radical (unpaired) electrons. The molecule has 0 spiro atoms. The Morgan fingerprint density at radius 1 is 0.770 bits per heavy atom. The second-order valence-electron chi connectivity index (χ2n) is 14.2. The highest BCUT2D eigenvalue weighted by atomic mass is 15.1. The van der Waals surface area contributed by atoms with Crippen LogP contribution in [0, 0.1) is 0 Å². The Kier molecular flexibility index (Phi) is 19.6. The van der Waals surface area contributed by atoms with Gasteiger partial charge in [-0.3, -0.25) is 0 Å².